The molecule has 0 fully saturated rings. The van der Waals surface area contributed by atoms with Gasteiger partial charge >= 0.3 is 37.7 Å². The minimum absolute atomic E-state index is 0. The number of carboxylic acids is 2. The standard InChI is InChI=1S/2C12H12N2O3.Ca/c2*15-12(16)10-1-3-11(4-2-10)17-8-7-14-6-5-13-9-14;/h2*1-6,9H,7-8H2,(H,15,16);/q;;+2/p-2. The molecule has 2 aromatic heterocycles. The Balaban J connectivity index is 0.000000240. The van der Waals surface area contributed by atoms with Crippen LogP contribution in [0.3, 0.4) is 0 Å². The molecule has 0 amide bonds. The number of aromatic carboxylic acids is 2. The van der Waals surface area contributed by atoms with Crippen molar-refractivity contribution in [1.82, 2.24) is 19.1 Å². The van der Waals surface area contributed by atoms with Gasteiger partial charge in [0.05, 0.1) is 37.7 Å². The average molecular weight is 503 g/mol. The predicted octanol–water partition coefficient (Wildman–Crippen LogP) is 0.270. The zero-order valence-corrected chi connectivity index (χ0v) is 21.1. The fourth-order valence-electron chi connectivity index (χ4n) is 2.75. The molecule has 0 atom stereocenters. The van der Waals surface area contributed by atoms with Gasteiger partial charge in [-0.25, -0.2) is 9.97 Å². The van der Waals surface area contributed by atoms with Crippen LogP contribution < -0.4 is 19.7 Å². The number of carbonyl (C=O) groups is 2. The molecule has 0 bridgehead atoms. The van der Waals surface area contributed by atoms with Crippen molar-refractivity contribution in [3.63, 3.8) is 0 Å². The van der Waals surface area contributed by atoms with Crippen LogP contribution in [0.15, 0.2) is 86.0 Å². The molecule has 2 heterocycles. The molecule has 0 unspecified atom stereocenters. The second kappa shape index (κ2) is 14.8. The number of rotatable bonds is 10. The number of hydrogen-bond donors (Lipinski definition) is 0. The zero-order valence-electron chi connectivity index (χ0n) is 18.9. The second-order valence-electron chi connectivity index (χ2n) is 6.92. The maximum Gasteiger partial charge on any atom is 2.00 e. The number of carbonyl (C=O) groups excluding carboxylic acids is 2. The largest absolute Gasteiger partial charge is 2.00 e. The quantitative estimate of drug-likeness (QED) is 0.282. The van der Waals surface area contributed by atoms with Crippen LogP contribution in [0.2, 0.25) is 0 Å². The second-order valence-corrected chi connectivity index (χ2v) is 6.92. The average Bonchev–Trinajstić information content (AvgIpc) is 3.55. The Labute approximate surface area is 231 Å². The van der Waals surface area contributed by atoms with Gasteiger partial charge in [0.2, 0.25) is 0 Å². The van der Waals surface area contributed by atoms with Gasteiger partial charge in [0.25, 0.3) is 0 Å². The third-order valence-corrected chi connectivity index (χ3v) is 4.53. The Morgan fingerprint density at radius 1 is 0.686 bits per heavy atom. The van der Waals surface area contributed by atoms with E-state index >= 15 is 0 Å². The minimum Gasteiger partial charge on any atom is -0.545 e. The summed E-state index contributed by atoms with van der Waals surface area (Å²) in [4.78, 5) is 28.9. The summed E-state index contributed by atoms with van der Waals surface area (Å²) in [6.45, 7) is 2.40. The molecule has 35 heavy (non-hydrogen) atoms. The molecule has 0 aliphatic heterocycles. The summed E-state index contributed by atoms with van der Waals surface area (Å²) in [5, 5.41) is 21.0. The molecule has 0 radical (unpaired) electrons. The van der Waals surface area contributed by atoms with Crippen molar-refractivity contribution in [2.45, 2.75) is 13.1 Å². The summed E-state index contributed by atoms with van der Waals surface area (Å²) in [5.41, 5.74) is 0.291. The molecule has 0 saturated heterocycles. The maximum absolute atomic E-state index is 10.5. The molecule has 0 spiro atoms. The molecular formula is C24H22CaN4O6. The van der Waals surface area contributed by atoms with Crippen molar-refractivity contribution in [2.75, 3.05) is 13.2 Å². The van der Waals surface area contributed by atoms with Crippen molar-refractivity contribution >= 4 is 49.7 Å². The van der Waals surface area contributed by atoms with E-state index in [0.29, 0.717) is 37.8 Å². The number of hydrogen-bond acceptors (Lipinski definition) is 8. The summed E-state index contributed by atoms with van der Waals surface area (Å²) >= 11 is 0. The third kappa shape index (κ3) is 9.81. The van der Waals surface area contributed by atoms with Gasteiger partial charge in [-0.1, -0.05) is 0 Å². The first-order chi connectivity index (χ1) is 16.5. The van der Waals surface area contributed by atoms with Gasteiger partial charge in [-0.2, -0.15) is 0 Å². The number of nitrogens with zero attached hydrogens (tertiary/aromatic N) is 4. The molecule has 4 aromatic rings. The van der Waals surface area contributed by atoms with Gasteiger partial charge in [-0.05, 0) is 59.7 Å². The summed E-state index contributed by atoms with van der Waals surface area (Å²) < 4.78 is 14.7. The van der Waals surface area contributed by atoms with Crippen LogP contribution in [-0.4, -0.2) is 82.0 Å². The summed E-state index contributed by atoms with van der Waals surface area (Å²) in [7, 11) is 0. The Morgan fingerprint density at radius 2 is 1.06 bits per heavy atom. The molecule has 11 heteroatoms. The van der Waals surface area contributed by atoms with E-state index in [1.54, 1.807) is 49.3 Å². The van der Waals surface area contributed by atoms with Crippen LogP contribution in [0.5, 0.6) is 11.5 Å². The minimum atomic E-state index is -1.19. The first-order valence-corrected chi connectivity index (χ1v) is 10.3. The van der Waals surface area contributed by atoms with Crippen molar-refractivity contribution < 1.29 is 29.3 Å². The van der Waals surface area contributed by atoms with E-state index in [-0.39, 0.29) is 48.9 Å². The Bertz CT molecular complexity index is 1050. The van der Waals surface area contributed by atoms with E-state index in [9.17, 15) is 19.8 Å². The van der Waals surface area contributed by atoms with E-state index in [0.717, 1.165) is 0 Å². The van der Waals surface area contributed by atoms with Crippen LogP contribution >= 0.6 is 0 Å². The number of imidazole rings is 2. The van der Waals surface area contributed by atoms with Crippen LogP contribution in [0.25, 0.3) is 0 Å². The summed E-state index contributed by atoms with van der Waals surface area (Å²) in [6.07, 6.45) is 10.5. The normalized spacial score (nSPS) is 9.83. The fraction of sp³-hybridized carbons (Fsp3) is 0.167. The van der Waals surface area contributed by atoms with Crippen LogP contribution in [0.4, 0.5) is 0 Å². The number of benzene rings is 2. The first-order valence-electron chi connectivity index (χ1n) is 10.3. The smallest absolute Gasteiger partial charge is 0.545 e. The number of ether oxygens (including phenoxy) is 2. The van der Waals surface area contributed by atoms with Gasteiger partial charge in [0.15, 0.2) is 0 Å². The van der Waals surface area contributed by atoms with E-state index in [4.69, 9.17) is 9.47 Å². The van der Waals surface area contributed by atoms with Crippen LogP contribution in [0, 0.1) is 0 Å². The summed E-state index contributed by atoms with van der Waals surface area (Å²) in [6, 6.07) is 12.3. The first kappa shape index (κ1) is 27.9. The topological polar surface area (TPSA) is 134 Å². The monoisotopic (exact) mass is 502 g/mol. The van der Waals surface area contributed by atoms with E-state index in [1.807, 2.05) is 21.5 Å². The van der Waals surface area contributed by atoms with Gasteiger partial charge in [-0.15, -0.1) is 0 Å². The van der Waals surface area contributed by atoms with E-state index < -0.39 is 11.9 Å². The number of carboxylic acid groups (broad SMARTS) is 2. The van der Waals surface area contributed by atoms with Crippen molar-refractivity contribution in [1.29, 1.82) is 0 Å². The third-order valence-electron chi connectivity index (χ3n) is 4.53. The van der Waals surface area contributed by atoms with Crippen LogP contribution in [-0.2, 0) is 13.1 Å². The molecule has 4 rings (SSSR count). The van der Waals surface area contributed by atoms with E-state index in [1.165, 1.54) is 24.3 Å². The molecule has 0 saturated carbocycles. The van der Waals surface area contributed by atoms with Crippen LogP contribution in [0.1, 0.15) is 20.7 Å². The molecule has 2 aromatic carbocycles. The maximum atomic E-state index is 10.5. The van der Waals surface area contributed by atoms with Gasteiger partial charge in [-0.3, -0.25) is 0 Å². The fourth-order valence-corrected chi connectivity index (χ4v) is 2.75. The SMILES string of the molecule is O=C([O-])c1ccc(OCCn2ccnc2)cc1.O=C([O-])c1ccc(OCCn2ccnc2)cc1.[Ca+2]. The molecule has 0 aliphatic rings. The molecule has 0 aliphatic carbocycles. The Kier molecular flexibility index (Phi) is 11.8. The van der Waals surface area contributed by atoms with E-state index in [2.05, 4.69) is 9.97 Å². The van der Waals surface area contributed by atoms with Crippen molar-refractivity contribution in [3.05, 3.63) is 97.1 Å². The van der Waals surface area contributed by atoms with Gasteiger partial charge in [0, 0.05) is 24.8 Å². The molecule has 0 N–H and O–H groups in total. The van der Waals surface area contributed by atoms with Gasteiger partial charge in [0.1, 0.15) is 24.7 Å². The van der Waals surface area contributed by atoms with Crippen molar-refractivity contribution in [2.24, 2.45) is 0 Å². The molecule has 10 nitrogen and oxygen atoms in total. The summed E-state index contributed by atoms with van der Waals surface area (Å²) in [5.74, 6) is -1.10. The number of aromatic nitrogens is 4. The molecule has 176 valence electrons. The van der Waals surface area contributed by atoms with Gasteiger partial charge < -0.3 is 38.4 Å². The predicted molar refractivity (Wildman–Crippen MR) is 123 cm³/mol. The zero-order chi connectivity index (χ0) is 24.2. The van der Waals surface area contributed by atoms with Crippen molar-refractivity contribution in [3.8, 4) is 11.5 Å². The molecular weight excluding hydrogens is 480 g/mol. The Morgan fingerprint density at radius 3 is 1.34 bits per heavy atom. The Hall–Kier alpha value is -3.34.